The van der Waals surface area contributed by atoms with Gasteiger partial charge in [-0.1, -0.05) is 6.42 Å². The first kappa shape index (κ1) is 11.6. The van der Waals surface area contributed by atoms with Gasteiger partial charge in [0, 0.05) is 11.8 Å². The second-order valence-corrected chi connectivity index (χ2v) is 5.41. The maximum Gasteiger partial charge on any atom is 0.274 e. The van der Waals surface area contributed by atoms with Crippen molar-refractivity contribution in [2.24, 2.45) is 5.73 Å². The van der Waals surface area contributed by atoms with Crippen LogP contribution in [0.4, 0.5) is 5.69 Å². The Labute approximate surface area is 116 Å². The van der Waals surface area contributed by atoms with Crippen molar-refractivity contribution in [2.75, 3.05) is 11.7 Å². The second-order valence-electron chi connectivity index (χ2n) is 5.41. The lowest BCUT2D eigenvalue weighted by Gasteiger charge is -2.30. The maximum absolute atomic E-state index is 12.4. The molecule has 1 aromatic carbocycles. The highest BCUT2D eigenvalue weighted by Crippen LogP contribution is 2.41. The first-order valence-electron chi connectivity index (χ1n) is 6.97. The number of nitrogens with two attached hydrogens (primary N) is 1. The second kappa shape index (κ2) is 4.16. The molecule has 1 unspecified atom stereocenters. The largest absolute Gasteiger partial charge is 0.454 e. The van der Waals surface area contributed by atoms with Crippen molar-refractivity contribution in [3.05, 3.63) is 29.5 Å². The van der Waals surface area contributed by atoms with Crippen LogP contribution in [0.25, 0.3) is 0 Å². The van der Waals surface area contributed by atoms with E-state index in [1.54, 1.807) is 0 Å². The number of rotatable bonds is 1. The summed E-state index contributed by atoms with van der Waals surface area (Å²) in [6, 6.07) is 5.74. The van der Waals surface area contributed by atoms with E-state index in [1.165, 1.54) is 0 Å². The molecule has 2 N–H and O–H groups in total. The molecule has 5 heteroatoms. The zero-order valence-electron chi connectivity index (χ0n) is 11.1. The fourth-order valence-corrected chi connectivity index (χ4v) is 3.33. The average Bonchev–Trinajstić information content (AvgIpc) is 3.03. The third-order valence-corrected chi connectivity index (χ3v) is 4.32. The highest BCUT2D eigenvalue weighted by Gasteiger charge is 2.40. The molecule has 0 saturated heterocycles. The summed E-state index contributed by atoms with van der Waals surface area (Å²) in [4.78, 5) is 14.3. The molecule has 2 heterocycles. The third-order valence-electron chi connectivity index (χ3n) is 4.32. The normalized spacial score (nSPS) is 24.3. The van der Waals surface area contributed by atoms with E-state index < -0.39 is 0 Å². The van der Waals surface area contributed by atoms with Gasteiger partial charge in [-0.05, 0) is 37.0 Å². The van der Waals surface area contributed by atoms with E-state index in [9.17, 15) is 4.79 Å². The minimum absolute atomic E-state index is 0.0780. The van der Waals surface area contributed by atoms with Gasteiger partial charge in [-0.3, -0.25) is 9.69 Å². The predicted octanol–water partition coefficient (Wildman–Crippen LogP) is 1.92. The Kier molecular flexibility index (Phi) is 2.42. The zero-order chi connectivity index (χ0) is 13.7. The standard InChI is InChI=1S/C15H16N2O3/c16-14-10-3-1-2-4-11(10)17(15(14)18)9-5-6-12-13(7-9)20-8-19-12/h5-7,11H,1-4,8,16H2. The van der Waals surface area contributed by atoms with E-state index in [1.807, 2.05) is 23.1 Å². The molecule has 104 valence electrons. The van der Waals surface area contributed by atoms with Crippen LogP contribution in [0.15, 0.2) is 29.5 Å². The zero-order valence-corrected chi connectivity index (χ0v) is 11.1. The summed E-state index contributed by atoms with van der Waals surface area (Å²) in [5.41, 5.74) is 8.39. The SMILES string of the molecule is NC1=C2CCCCC2N(c2ccc3c(c2)OCO3)C1=O. The molecule has 0 aromatic heterocycles. The number of fused-ring (bicyclic) bond motifs is 2. The molecule has 1 atom stereocenters. The number of nitrogens with zero attached hydrogens (tertiary/aromatic N) is 1. The van der Waals surface area contributed by atoms with Crippen LogP contribution >= 0.6 is 0 Å². The molecule has 5 nitrogen and oxygen atoms in total. The molecular formula is C15H16N2O3. The van der Waals surface area contributed by atoms with Gasteiger partial charge >= 0.3 is 0 Å². The van der Waals surface area contributed by atoms with E-state index in [4.69, 9.17) is 15.2 Å². The molecule has 1 fully saturated rings. The van der Waals surface area contributed by atoms with Gasteiger partial charge in [0.2, 0.25) is 6.79 Å². The lowest BCUT2D eigenvalue weighted by atomic mass is 9.90. The lowest BCUT2D eigenvalue weighted by molar-refractivity contribution is -0.114. The quantitative estimate of drug-likeness (QED) is 0.848. The fourth-order valence-electron chi connectivity index (χ4n) is 3.33. The van der Waals surface area contributed by atoms with Crippen LogP contribution in [0.5, 0.6) is 11.5 Å². The average molecular weight is 272 g/mol. The van der Waals surface area contributed by atoms with Crippen LogP contribution in [-0.4, -0.2) is 18.7 Å². The maximum atomic E-state index is 12.4. The minimum atomic E-state index is -0.0780. The summed E-state index contributed by atoms with van der Waals surface area (Å²) in [5, 5.41) is 0. The van der Waals surface area contributed by atoms with Crippen molar-refractivity contribution in [1.29, 1.82) is 0 Å². The van der Waals surface area contributed by atoms with E-state index in [0.717, 1.165) is 42.7 Å². The van der Waals surface area contributed by atoms with Gasteiger partial charge in [0.1, 0.15) is 0 Å². The Bertz CT molecular complexity index is 624. The van der Waals surface area contributed by atoms with Crippen LogP contribution in [0.3, 0.4) is 0 Å². The first-order chi connectivity index (χ1) is 9.75. The molecule has 1 aromatic rings. The molecule has 0 spiro atoms. The number of benzene rings is 1. The molecule has 4 rings (SSSR count). The fraction of sp³-hybridized carbons (Fsp3) is 0.400. The van der Waals surface area contributed by atoms with E-state index in [0.29, 0.717) is 11.4 Å². The van der Waals surface area contributed by atoms with Crippen molar-refractivity contribution in [1.82, 2.24) is 0 Å². The Hall–Kier alpha value is -2.17. The van der Waals surface area contributed by atoms with Crippen molar-refractivity contribution in [3.8, 4) is 11.5 Å². The van der Waals surface area contributed by atoms with Gasteiger partial charge in [0.05, 0.1) is 11.7 Å². The molecule has 20 heavy (non-hydrogen) atoms. The highest BCUT2D eigenvalue weighted by atomic mass is 16.7. The number of carbonyl (C=O) groups excluding carboxylic acids is 1. The molecule has 0 bridgehead atoms. The summed E-state index contributed by atoms with van der Waals surface area (Å²) in [6.45, 7) is 0.238. The molecule has 1 aliphatic carbocycles. The van der Waals surface area contributed by atoms with Crippen molar-refractivity contribution in [2.45, 2.75) is 31.7 Å². The predicted molar refractivity (Wildman–Crippen MR) is 73.5 cm³/mol. The van der Waals surface area contributed by atoms with Crippen LogP contribution in [0.2, 0.25) is 0 Å². The molecular weight excluding hydrogens is 256 g/mol. The van der Waals surface area contributed by atoms with E-state index in [2.05, 4.69) is 0 Å². The van der Waals surface area contributed by atoms with Gasteiger partial charge in [-0.25, -0.2) is 0 Å². The molecule has 1 saturated carbocycles. The molecule has 1 amide bonds. The number of amides is 1. The Morgan fingerprint density at radius 3 is 2.95 bits per heavy atom. The number of hydrogen-bond donors (Lipinski definition) is 1. The lowest BCUT2D eigenvalue weighted by Crippen LogP contribution is -2.37. The Morgan fingerprint density at radius 1 is 1.20 bits per heavy atom. The summed E-state index contributed by atoms with van der Waals surface area (Å²) in [6.07, 6.45) is 4.17. The van der Waals surface area contributed by atoms with E-state index >= 15 is 0 Å². The summed E-state index contributed by atoms with van der Waals surface area (Å²) in [5.74, 6) is 1.34. The number of carbonyl (C=O) groups is 1. The third kappa shape index (κ3) is 1.52. The van der Waals surface area contributed by atoms with Crippen LogP contribution < -0.4 is 20.1 Å². The van der Waals surface area contributed by atoms with Gasteiger partial charge in [0.25, 0.3) is 5.91 Å². The smallest absolute Gasteiger partial charge is 0.274 e. The number of ether oxygens (including phenoxy) is 2. The number of hydrogen-bond acceptors (Lipinski definition) is 4. The van der Waals surface area contributed by atoms with E-state index in [-0.39, 0.29) is 18.7 Å². The van der Waals surface area contributed by atoms with Gasteiger partial charge in [-0.15, -0.1) is 0 Å². The minimum Gasteiger partial charge on any atom is -0.454 e. The topological polar surface area (TPSA) is 64.8 Å². The van der Waals surface area contributed by atoms with Gasteiger partial charge in [-0.2, -0.15) is 0 Å². The Morgan fingerprint density at radius 2 is 2.05 bits per heavy atom. The molecule has 0 radical (unpaired) electrons. The monoisotopic (exact) mass is 272 g/mol. The summed E-state index contributed by atoms with van der Waals surface area (Å²) < 4.78 is 10.7. The van der Waals surface area contributed by atoms with Crippen LogP contribution in [-0.2, 0) is 4.79 Å². The van der Waals surface area contributed by atoms with Gasteiger partial charge in [0.15, 0.2) is 11.5 Å². The first-order valence-corrected chi connectivity index (χ1v) is 6.97. The highest BCUT2D eigenvalue weighted by molar-refractivity contribution is 6.09. The molecule has 3 aliphatic rings. The summed E-state index contributed by atoms with van der Waals surface area (Å²) >= 11 is 0. The summed E-state index contributed by atoms with van der Waals surface area (Å²) in [7, 11) is 0. The molecule has 2 aliphatic heterocycles. The van der Waals surface area contributed by atoms with Crippen molar-refractivity contribution >= 4 is 11.6 Å². The van der Waals surface area contributed by atoms with Gasteiger partial charge < -0.3 is 15.2 Å². The van der Waals surface area contributed by atoms with Crippen LogP contribution in [0.1, 0.15) is 25.7 Å². The van der Waals surface area contributed by atoms with Crippen molar-refractivity contribution in [3.63, 3.8) is 0 Å². The Balaban J connectivity index is 1.74. The van der Waals surface area contributed by atoms with Crippen molar-refractivity contribution < 1.29 is 14.3 Å². The number of anilines is 1. The van der Waals surface area contributed by atoms with Crippen LogP contribution in [0, 0.1) is 0 Å².